The first-order valence-corrected chi connectivity index (χ1v) is 5.77. The molecule has 1 aromatic heterocycles. The summed E-state index contributed by atoms with van der Waals surface area (Å²) in [5.41, 5.74) is 5.63. The fourth-order valence-electron chi connectivity index (χ4n) is 0.741. The van der Waals surface area contributed by atoms with Crippen LogP contribution in [0.5, 0.6) is 0 Å². The molecule has 0 saturated carbocycles. The van der Waals surface area contributed by atoms with E-state index in [0.717, 1.165) is 9.22 Å². The summed E-state index contributed by atoms with van der Waals surface area (Å²) in [6.07, 6.45) is 4.86. The van der Waals surface area contributed by atoms with E-state index in [1.807, 2.05) is 6.26 Å². The zero-order valence-corrected chi connectivity index (χ0v) is 9.45. The third-order valence-electron chi connectivity index (χ3n) is 1.41. The van der Waals surface area contributed by atoms with Crippen LogP contribution in [0.2, 0.25) is 0 Å². The maximum absolute atomic E-state index is 10.8. The van der Waals surface area contributed by atoms with E-state index in [2.05, 4.69) is 9.72 Å². The van der Waals surface area contributed by atoms with Crippen LogP contribution in [0.3, 0.4) is 0 Å². The Morgan fingerprint density at radius 1 is 1.71 bits per heavy atom. The predicted molar refractivity (Wildman–Crippen MR) is 59.4 cm³/mol. The highest BCUT2D eigenvalue weighted by Gasteiger charge is 2.04. The number of thiazole rings is 1. The molecule has 0 radical (unpaired) electrons. The zero-order valence-electron chi connectivity index (χ0n) is 7.81. The third kappa shape index (κ3) is 2.74. The number of anilines is 1. The number of nitrogen functional groups attached to an aromatic ring is 1. The van der Waals surface area contributed by atoms with E-state index in [1.165, 1.54) is 36.3 Å². The van der Waals surface area contributed by atoms with Crippen molar-refractivity contribution in [1.29, 1.82) is 0 Å². The van der Waals surface area contributed by atoms with Gasteiger partial charge in [0.1, 0.15) is 5.82 Å². The van der Waals surface area contributed by atoms with Crippen LogP contribution in [0.25, 0.3) is 6.08 Å². The number of hydrogen-bond acceptors (Lipinski definition) is 6. The average Bonchev–Trinajstić information content (AvgIpc) is 2.55. The predicted octanol–water partition coefficient (Wildman–Crippen LogP) is 1.63. The van der Waals surface area contributed by atoms with Crippen molar-refractivity contribution in [2.75, 3.05) is 19.1 Å². The number of carbonyl (C=O) groups is 1. The third-order valence-corrected chi connectivity index (χ3v) is 3.43. The first-order valence-electron chi connectivity index (χ1n) is 3.73. The Bertz CT molecular complexity index is 360. The molecule has 1 rings (SSSR count). The maximum Gasteiger partial charge on any atom is 0.330 e. The molecule has 1 aromatic rings. The molecule has 0 spiro atoms. The summed E-state index contributed by atoms with van der Waals surface area (Å²) in [6.45, 7) is 0. The Balaban J connectivity index is 2.80. The highest BCUT2D eigenvalue weighted by Crippen LogP contribution is 2.28. The Hall–Kier alpha value is -1.01. The lowest BCUT2D eigenvalue weighted by atomic mass is 10.4. The van der Waals surface area contributed by atoms with Gasteiger partial charge in [-0.25, -0.2) is 9.78 Å². The number of esters is 1. The Morgan fingerprint density at radius 2 is 2.43 bits per heavy atom. The van der Waals surface area contributed by atoms with Gasteiger partial charge >= 0.3 is 5.97 Å². The molecule has 4 nitrogen and oxygen atoms in total. The van der Waals surface area contributed by atoms with Gasteiger partial charge in [-0.2, -0.15) is 0 Å². The molecule has 76 valence electrons. The molecule has 0 fully saturated rings. The summed E-state index contributed by atoms with van der Waals surface area (Å²) < 4.78 is 5.34. The van der Waals surface area contributed by atoms with Crippen molar-refractivity contribution in [2.45, 2.75) is 4.34 Å². The number of nitrogens with two attached hydrogens (primary N) is 1. The number of carbonyl (C=O) groups excluding carboxylic acids is 1. The van der Waals surface area contributed by atoms with E-state index >= 15 is 0 Å². The maximum atomic E-state index is 10.8. The number of nitrogens with zero attached hydrogens (tertiary/aromatic N) is 1. The molecule has 0 unspecified atom stereocenters. The van der Waals surface area contributed by atoms with Crippen LogP contribution in [-0.4, -0.2) is 24.3 Å². The second-order valence-corrected chi connectivity index (χ2v) is 4.37. The van der Waals surface area contributed by atoms with E-state index in [9.17, 15) is 4.79 Å². The summed E-state index contributed by atoms with van der Waals surface area (Å²) in [6, 6.07) is 0. The van der Waals surface area contributed by atoms with Gasteiger partial charge in [0, 0.05) is 6.08 Å². The highest BCUT2D eigenvalue weighted by atomic mass is 32.2. The van der Waals surface area contributed by atoms with Gasteiger partial charge in [0.15, 0.2) is 4.34 Å². The van der Waals surface area contributed by atoms with Gasteiger partial charge in [-0.1, -0.05) is 11.8 Å². The van der Waals surface area contributed by atoms with Crippen LogP contribution in [-0.2, 0) is 9.53 Å². The molecule has 0 aliphatic heterocycles. The molecule has 0 aliphatic rings. The Kier molecular flexibility index (Phi) is 3.97. The number of ether oxygens (including phenoxy) is 1. The van der Waals surface area contributed by atoms with E-state index < -0.39 is 5.97 Å². The molecule has 14 heavy (non-hydrogen) atoms. The van der Waals surface area contributed by atoms with Crippen molar-refractivity contribution in [3.8, 4) is 0 Å². The lowest BCUT2D eigenvalue weighted by molar-refractivity contribution is -0.134. The lowest BCUT2D eigenvalue weighted by Gasteiger charge is -1.89. The molecule has 0 saturated heterocycles. The second-order valence-electron chi connectivity index (χ2n) is 2.29. The second kappa shape index (κ2) is 5.02. The minimum atomic E-state index is -0.400. The Labute approximate surface area is 90.2 Å². The smallest absolute Gasteiger partial charge is 0.330 e. The van der Waals surface area contributed by atoms with Crippen LogP contribution >= 0.6 is 23.1 Å². The largest absolute Gasteiger partial charge is 0.466 e. The quantitative estimate of drug-likeness (QED) is 0.486. The summed E-state index contributed by atoms with van der Waals surface area (Å²) in [4.78, 5) is 15.7. The van der Waals surface area contributed by atoms with Crippen molar-refractivity contribution in [1.82, 2.24) is 4.98 Å². The first kappa shape index (κ1) is 11.1. The van der Waals surface area contributed by atoms with Crippen LogP contribution in [0.15, 0.2) is 10.4 Å². The molecule has 0 amide bonds. The van der Waals surface area contributed by atoms with Crippen LogP contribution in [0.1, 0.15) is 4.88 Å². The van der Waals surface area contributed by atoms with Gasteiger partial charge in [-0.3, -0.25) is 0 Å². The Morgan fingerprint density at radius 3 is 2.93 bits per heavy atom. The van der Waals surface area contributed by atoms with Gasteiger partial charge < -0.3 is 10.5 Å². The highest BCUT2D eigenvalue weighted by molar-refractivity contribution is 8.00. The monoisotopic (exact) mass is 230 g/mol. The van der Waals surface area contributed by atoms with Crippen molar-refractivity contribution >= 4 is 41.0 Å². The molecular formula is C8H10N2O2S2. The van der Waals surface area contributed by atoms with Crippen LogP contribution in [0.4, 0.5) is 5.82 Å². The molecule has 0 aliphatic carbocycles. The van der Waals surface area contributed by atoms with Gasteiger partial charge in [0.2, 0.25) is 0 Å². The normalized spacial score (nSPS) is 10.7. The summed E-state index contributed by atoms with van der Waals surface area (Å²) in [5, 5.41) is 0. The zero-order chi connectivity index (χ0) is 10.6. The van der Waals surface area contributed by atoms with Crippen LogP contribution in [0, 0.1) is 0 Å². The molecule has 1 heterocycles. The van der Waals surface area contributed by atoms with Crippen molar-refractivity contribution < 1.29 is 9.53 Å². The minimum absolute atomic E-state index is 0.400. The number of thioether (sulfide) groups is 1. The molecule has 0 atom stereocenters. The average molecular weight is 230 g/mol. The number of aromatic nitrogens is 1. The van der Waals surface area contributed by atoms with Gasteiger partial charge in [-0.15, -0.1) is 11.3 Å². The topological polar surface area (TPSA) is 65.2 Å². The molecule has 6 heteroatoms. The van der Waals surface area contributed by atoms with E-state index in [0.29, 0.717) is 5.82 Å². The molecule has 0 bridgehead atoms. The molecule has 0 aromatic carbocycles. The fraction of sp³-hybridized carbons (Fsp3) is 0.250. The number of methoxy groups -OCH3 is 1. The standard InChI is InChI=1S/C8H10N2O2S2/c1-12-6(11)4-3-5-7(9)10-8(13-2)14-5/h3-4H,9H2,1-2H3. The SMILES string of the molecule is COC(=O)C=Cc1sc(SC)nc1N. The summed E-state index contributed by atoms with van der Waals surface area (Å²) >= 11 is 2.97. The van der Waals surface area contributed by atoms with Gasteiger partial charge in [-0.05, 0) is 12.3 Å². The summed E-state index contributed by atoms with van der Waals surface area (Å²) in [5.74, 6) is 0.0444. The van der Waals surface area contributed by atoms with Gasteiger partial charge in [0.05, 0.1) is 12.0 Å². The fourth-order valence-corrected chi connectivity index (χ4v) is 2.15. The van der Waals surface area contributed by atoms with E-state index in [-0.39, 0.29) is 0 Å². The first-order chi connectivity index (χ1) is 6.67. The number of rotatable bonds is 3. The van der Waals surface area contributed by atoms with Crippen LogP contribution < -0.4 is 5.73 Å². The van der Waals surface area contributed by atoms with Crippen molar-refractivity contribution in [3.05, 3.63) is 11.0 Å². The van der Waals surface area contributed by atoms with E-state index in [4.69, 9.17) is 5.73 Å². The minimum Gasteiger partial charge on any atom is -0.466 e. The van der Waals surface area contributed by atoms with Gasteiger partial charge in [0.25, 0.3) is 0 Å². The molecular weight excluding hydrogens is 220 g/mol. The lowest BCUT2D eigenvalue weighted by Crippen LogP contribution is -1.93. The van der Waals surface area contributed by atoms with Crippen molar-refractivity contribution in [3.63, 3.8) is 0 Å². The van der Waals surface area contributed by atoms with E-state index in [1.54, 1.807) is 6.08 Å². The number of hydrogen-bond donors (Lipinski definition) is 1. The molecule has 2 N–H and O–H groups in total. The summed E-state index contributed by atoms with van der Waals surface area (Å²) in [7, 11) is 1.33. The van der Waals surface area contributed by atoms with Crippen molar-refractivity contribution in [2.24, 2.45) is 0 Å².